The molecule has 1 heterocycles. The van der Waals surface area contributed by atoms with Gasteiger partial charge in [0.2, 0.25) is 0 Å². The summed E-state index contributed by atoms with van der Waals surface area (Å²) in [4.78, 5) is 20.4. The second-order valence-corrected chi connectivity index (χ2v) is 5.11. The van der Waals surface area contributed by atoms with Crippen molar-refractivity contribution in [3.05, 3.63) is 36.3 Å². The highest BCUT2D eigenvalue weighted by atomic mass is 16.5. The lowest BCUT2D eigenvalue weighted by Crippen LogP contribution is -2.16. The molecule has 0 radical (unpaired) electrons. The highest BCUT2D eigenvalue weighted by molar-refractivity contribution is 6.04. The lowest BCUT2D eigenvalue weighted by molar-refractivity contribution is 0.102. The van der Waals surface area contributed by atoms with Gasteiger partial charge in [-0.05, 0) is 26.0 Å². The molecule has 0 atom stereocenters. The summed E-state index contributed by atoms with van der Waals surface area (Å²) in [5.41, 5.74) is 0.802. The summed E-state index contributed by atoms with van der Waals surface area (Å²) in [6, 6.07) is 6.96. The van der Waals surface area contributed by atoms with Gasteiger partial charge in [-0.2, -0.15) is 0 Å². The quantitative estimate of drug-likeness (QED) is 0.852. The summed E-state index contributed by atoms with van der Waals surface area (Å²) in [7, 11) is 3.09. The predicted molar refractivity (Wildman–Crippen MR) is 88.3 cm³/mol. The molecule has 1 amide bonds. The highest BCUT2D eigenvalue weighted by Crippen LogP contribution is 2.29. The van der Waals surface area contributed by atoms with Crippen LogP contribution in [0, 0.1) is 0 Å². The Balaban J connectivity index is 2.19. The van der Waals surface area contributed by atoms with Crippen molar-refractivity contribution in [3.8, 4) is 11.5 Å². The summed E-state index contributed by atoms with van der Waals surface area (Å²) in [6.45, 7) is 3.98. The Bertz CT molecular complexity index is 689. The average molecular weight is 316 g/mol. The molecule has 7 nitrogen and oxygen atoms in total. The Labute approximate surface area is 135 Å². The maximum Gasteiger partial charge on any atom is 0.274 e. The zero-order valence-electron chi connectivity index (χ0n) is 13.6. The molecule has 2 rings (SSSR count). The number of hydrogen-bond acceptors (Lipinski definition) is 6. The third-order valence-corrected chi connectivity index (χ3v) is 2.99. The minimum Gasteiger partial charge on any atom is -0.497 e. The Morgan fingerprint density at radius 2 is 1.91 bits per heavy atom. The van der Waals surface area contributed by atoms with E-state index >= 15 is 0 Å². The number of aromatic nitrogens is 2. The Morgan fingerprint density at radius 1 is 1.13 bits per heavy atom. The fraction of sp³-hybridized carbons (Fsp3) is 0.312. The minimum atomic E-state index is -0.345. The Morgan fingerprint density at radius 3 is 2.57 bits per heavy atom. The lowest BCUT2D eigenvalue weighted by Gasteiger charge is -2.12. The number of benzene rings is 1. The molecular weight excluding hydrogens is 296 g/mol. The van der Waals surface area contributed by atoms with Gasteiger partial charge in [0.25, 0.3) is 5.91 Å². The van der Waals surface area contributed by atoms with Crippen LogP contribution < -0.4 is 20.1 Å². The van der Waals surface area contributed by atoms with E-state index in [1.165, 1.54) is 13.4 Å². The number of nitrogens with zero attached hydrogens (tertiary/aromatic N) is 2. The number of carbonyl (C=O) groups is 1. The summed E-state index contributed by atoms with van der Waals surface area (Å²) in [5.74, 6) is 1.40. The van der Waals surface area contributed by atoms with Crippen molar-refractivity contribution in [1.82, 2.24) is 9.97 Å². The van der Waals surface area contributed by atoms with Crippen LogP contribution >= 0.6 is 0 Å². The molecule has 0 saturated heterocycles. The van der Waals surface area contributed by atoms with Crippen LogP contribution in [0.4, 0.5) is 11.5 Å². The summed E-state index contributed by atoms with van der Waals surface area (Å²) in [5, 5.41) is 5.90. The lowest BCUT2D eigenvalue weighted by atomic mass is 10.2. The van der Waals surface area contributed by atoms with E-state index < -0.39 is 0 Å². The van der Waals surface area contributed by atoms with Crippen molar-refractivity contribution in [2.24, 2.45) is 0 Å². The molecule has 7 heteroatoms. The van der Waals surface area contributed by atoms with Gasteiger partial charge < -0.3 is 20.1 Å². The van der Waals surface area contributed by atoms with E-state index in [-0.39, 0.29) is 17.6 Å². The normalized spacial score (nSPS) is 10.3. The topological polar surface area (TPSA) is 85.4 Å². The van der Waals surface area contributed by atoms with E-state index in [1.54, 1.807) is 31.4 Å². The molecule has 0 aliphatic rings. The number of nitrogens with one attached hydrogen (secondary N) is 2. The number of methoxy groups -OCH3 is 2. The largest absolute Gasteiger partial charge is 0.497 e. The van der Waals surface area contributed by atoms with E-state index in [0.717, 1.165) is 0 Å². The number of anilines is 2. The van der Waals surface area contributed by atoms with Gasteiger partial charge in [-0.25, -0.2) is 9.97 Å². The number of hydrogen-bond donors (Lipinski definition) is 2. The van der Waals surface area contributed by atoms with Crippen molar-refractivity contribution >= 4 is 17.4 Å². The predicted octanol–water partition coefficient (Wildman–Crippen LogP) is 2.57. The Kier molecular flexibility index (Phi) is 5.35. The van der Waals surface area contributed by atoms with Crippen LogP contribution in [0.15, 0.2) is 30.6 Å². The first-order valence-corrected chi connectivity index (χ1v) is 7.15. The van der Waals surface area contributed by atoms with Crippen molar-refractivity contribution in [3.63, 3.8) is 0 Å². The molecule has 0 fully saturated rings. The van der Waals surface area contributed by atoms with Gasteiger partial charge in [0.1, 0.15) is 29.3 Å². The van der Waals surface area contributed by atoms with Crippen LogP contribution in [-0.4, -0.2) is 36.1 Å². The van der Waals surface area contributed by atoms with Crippen LogP contribution in [0.5, 0.6) is 11.5 Å². The second-order valence-electron chi connectivity index (χ2n) is 5.11. The number of ether oxygens (including phenoxy) is 2. The van der Waals surface area contributed by atoms with E-state index in [0.29, 0.717) is 23.0 Å². The molecular formula is C16H20N4O3. The SMILES string of the molecule is COc1ccc(NC(=O)c2cc(NC(C)C)ncn2)c(OC)c1. The molecule has 23 heavy (non-hydrogen) atoms. The van der Waals surface area contributed by atoms with E-state index in [1.807, 2.05) is 13.8 Å². The smallest absolute Gasteiger partial charge is 0.274 e. The van der Waals surface area contributed by atoms with Crippen LogP contribution in [-0.2, 0) is 0 Å². The molecule has 0 aliphatic heterocycles. The zero-order valence-corrected chi connectivity index (χ0v) is 13.6. The van der Waals surface area contributed by atoms with Gasteiger partial charge in [0.05, 0.1) is 19.9 Å². The van der Waals surface area contributed by atoms with Crippen molar-refractivity contribution < 1.29 is 14.3 Å². The standard InChI is InChI=1S/C16H20N4O3/c1-10(2)19-15-8-13(17-9-18-15)16(21)20-12-6-5-11(22-3)7-14(12)23-4/h5-10H,1-4H3,(H,20,21)(H,17,18,19). The molecule has 1 aromatic heterocycles. The third kappa shape index (κ3) is 4.32. The summed E-state index contributed by atoms with van der Waals surface area (Å²) >= 11 is 0. The minimum absolute atomic E-state index is 0.211. The monoisotopic (exact) mass is 316 g/mol. The number of carbonyl (C=O) groups excluding carboxylic acids is 1. The van der Waals surface area contributed by atoms with Crippen molar-refractivity contribution in [2.75, 3.05) is 24.9 Å². The van der Waals surface area contributed by atoms with Crippen molar-refractivity contribution in [2.45, 2.75) is 19.9 Å². The van der Waals surface area contributed by atoms with Crippen LogP contribution in [0.2, 0.25) is 0 Å². The molecule has 0 saturated carbocycles. The van der Waals surface area contributed by atoms with Gasteiger partial charge in [-0.1, -0.05) is 0 Å². The molecule has 2 aromatic rings. The average Bonchev–Trinajstić information content (AvgIpc) is 2.54. The maximum atomic E-state index is 12.4. The molecule has 0 unspecified atom stereocenters. The summed E-state index contributed by atoms with van der Waals surface area (Å²) in [6.07, 6.45) is 1.35. The molecule has 0 spiro atoms. The van der Waals surface area contributed by atoms with Crippen LogP contribution in [0.25, 0.3) is 0 Å². The van der Waals surface area contributed by atoms with Gasteiger partial charge in [0.15, 0.2) is 0 Å². The number of amides is 1. The molecule has 2 N–H and O–H groups in total. The Hall–Kier alpha value is -2.83. The first-order chi connectivity index (χ1) is 11.0. The van der Waals surface area contributed by atoms with E-state index in [4.69, 9.17) is 9.47 Å². The fourth-order valence-electron chi connectivity index (χ4n) is 1.94. The number of rotatable bonds is 6. The fourth-order valence-corrected chi connectivity index (χ4v) is 1.94. The van der Waals surface area contributed by atoms with Gasteiger partial charge in [-0.3, -0.25) is 4.79 Å². The zero-order chi connectivity index (χ0) is 16.8. The van der Waals surface area contributed by atoms with Gasteiger partial charge in [0, 0.05) is 18.2 Å². The molecule has 122 valence electrons. The third-order valence-electron chi connectivity index (χ3n) is 2.99. The van der Waals surface area contributed by atoms with Crippen LogP contribution in [0.3, 0.4) is 0 Å². The summed E-state index contributed by atoms with van der Waals surface area (Å²) < 4.78 is 10.4. The second kappa shape index (κ2) is 7.44. The van der Waals surface area contributed by atoms with E-state index in [2.05, 4.69) is 20.6 Å². The highest BCUT2D eigenvalue weighted by Gasteiger charge is 2.13. The van der Waals surface area contributed by atoms with Gasteiger partial charge >= 0.3 is 0 Å². The first-order valence-electron chi connectivity index (χ1n) is 7.15. The maximum absolute atomic E-state index is 12.4. The van der Waals surface area contributed by atoms with Gasteiger partial charge in [-0.15, -0.1) is 0 Å². The van der Waals surface area contributed by atoms with Crippen molar-refractivity contribution in [1.29, 1.82) is 0 Å². The molecule has 0 aliphatic carbocycles. The van der Waals surface area contributed by atoms with Crippen LogP contribution in [0.1, 0.15) is 24.3 Å². The first kappa shape index (κ1) is 16.5. The molecule has 1 aromatic carbocycles. The molecule has 0 bridgehead atoms. The van der Waals surface area contributed by atoms with E-state index in [9.17, 15) is 4.79 Å².